The van der Waals surface area contributed by atoms with Crippen LogP contribution in [0.1, 0.15) is 12.5 Å². The lowest BCUT2D eigenvalue weighted by molar-refractivity contribution is -0.111. The number of ether oxygens (including phenoxy) is 3. The summed E-state index contributed by atoms with van der Waals surface area (Å²) in [6.45, 7) is 4.73. The van der Waals surface area contributed by atoms with Crippen molar-refractivity contribution in [2.24, 2.45) is 0 Å². The first-order valence-corrected chi connectivity index (χ1v) is 10.0. The van der Waals surface area contributed by atoms with Gasteiger partial charge in [0, 0.05) is 24.9 Å². The minimum Gasteiger partial charge on any atom is -0.493 e. The van der Waals surface area contributed by atoms with Crippen molar-refractivity contribution in [2.75, 3.05) is 50.2 Å². The van der Waals surface area contributed by atoms with Crippen LogP contribution in [0.25, 0.3) is 6.08 Å². The van der Waals surface area contributed by atoms with Gasteiger partial charge in [-0.2, -0.15) is 0 Å². The van der Waals surface area contributed by atoms with Crippen molar-refractivity contribution in [1.82, 2.24) is 0 Å². The first-order chi connectivity index (χ1) is 14.5. The molecule has 6 nitrogen and oxygen atoms in total. The van der Waals surface area contributed by atoms with E-state index in [-0.39, 0.29) is 5.82 Å². The topological polar surface area (TPSA) is 60.0 Å². The smallest absolute Gasteiger partial charge is 0.248 e. The molecule has 0 bridgehead atoms. The number of hydrogen-bond acceptors (Lipinski definition) is 5. The molecule has 1 amide bonds. The zero-order valence-electron chi connectivity index (χ0n) is 16.9. The van der Waals surface area contributed by atoms with Gasteiger partial charge in [0.1, 0.15) is 5.82 Å². The van der Waals surface area contributed by atoms with E-state index in [4.69, 9.17) is 25.8 Å². The molecule has 1 N–H and O–H groups in total. The molecule has 0 radical (unpaired) electrons. The molecule has 2 aromatic rings. The van der Waals surface area contributed by atoms with Crippen LogP contribution in [0.2, 0.25) is 5.02 Å². The summed E-state index contributed by atoms with van der Waals surface area (Å²) in [6.07, 6.45) is 2.94. The third kappa shape index (κ3) is 5.43. The molecule has 1 heterocycles. The fourth-order valence-corrected chi connectivity index (χ4v) is 3.40. The number of rotatable bonds is 7. The van der Waals surface area contributed by atoms with Crippen LogP contribution in [0.4, 0.5) is 15.8 Å². The summed E-state index contributed by atoms with van der Waals surface area (Å²) in [5, 5.41) is 3.05. The number of nitrogens with zero attached hydrogens (tertiary/aromatic N) is 1. The van der Waals surface area contributed by atoms with Gasteiger partial charge < -0.3 is 24.4 Å². The lowest BCUT2D eigenvalue weighted by Crippen LogP contribution is -2.36. The lowest BCUT2D eigenvalue weighted by atomic mass is 10.2. The molecule has 8 heteroatoms. The van der Waals surface area contributed by atoms with Crippen LogP contribution in [0.15, 0.2) is 36.4 Å². The van der Waals surface area contributed by atoms with E-state index in [1.807, 2.05) is 11.8 Å². The van der Waals surface area contributed by atoms with Gasteiger partial charge in [-0.25, -0.2) is 4.39 Å². The second kappa shape index (κ2) is 10.3. The third-order valence-electron chi connectivity index (χ3n) is 4.53. The summed E-state index contributed by atoms with van der Waals surface area (Å²) < 4.78 is 30.5. The van der Waals surface area contributed by atoms with E-state index in [0.717, 1.165) is 0 Å². The third-order valence-corrected chi connectivity index (χ3v) is 4.82. The number of anilines is 2. The second-order valence-electron chi connectivity index (χ2n) is 6.56. The first kappa shape index (κ1) is 21.9. The Labute approximate surface area is 180 Å². The van der Waals surface area contributed by atoms with Crippen LogP contribution in [0, 0.1) is 5.82 Å². The number of morpholine rings is 1. The van der Waals surface area contributed by atoms with Gasteiger partial charge in [0.25, 0.3) is 0 Å². The molecule has 30 heavy (non-hydrogen) atoms. The zero-order chi connectivity index (χ0) is 21.5. The van der Waals surface area contributed by atoms with E-state index in [1.165, 1.54) is 19.3 Å². The highest BCUT2D eigenvalue weighted by Crippen LogP contribution is 2.36. The van der Waals surface area contributed by atoms with E-state index >= 15 is 0 Å². The summed E-state index contributed by atoms with van der Waals surface area (Å²) >= 11 is 6.24. The van der Waals surface area contributed by atoms with Gasteiger partial charge in [-0.15, -0.1) is 0 Å². The minimum atomic E-state index is -0.391. The SMILES string of the molecule is CCOc1c(Cl)cc(/C=C/C(=O)Nc2ccc(N3CCOCC3)c(F)c2)cc1OC. The average Bonchev–Trinajstić information content (AvgIpc) is 2.74. The van der Waals surface area contributed by atoms with Crippen molar-refractivity contribution in [1.29, 1.82) is 0 Å². The minimum absolute atomic E-state index is 0.376. The fraction of sp³-hybridized carbons (Fsp3) is 0.318. The predicted molar refractivity (Wildman–Crippen MR) is 116 cm³/mol. The highest BCUT2D eigenvalue weighted by atomic mass is 35.5. The molecular weight excluding hydrogens is 411 g/mol. The highest BCUT2D eigenvalue weighted by molar-refractivity contribution is 6.32. The Kier molecular flexibility index (Phi) is 7.54. The van der Waals surface area contributed by atoms with Gasteiger partial charge >= 0.3 is 0 Å². The average molecular weight is 435 g/mol. The molecule has 3 rings (SSSR count). The van der Waals surface area contributed by atoms with Crippen LogP contribution in [0.3, 0.4) is 0 Å². The summed E-state index contributed by atoms with van der Waals surface area (Å²) in [6, 6.07) is 8.05. The molecule has 2 aromatic carbocycles. The normalized spacial score (nSPS) is 14.1. The maximum absolute atomic E-state index is 14.5. The molecule has 0 saturated carbocycles. The number of methoxy groups -OCH3 is 1. The van der Waals surface area contributed by atoms with Gasteiger partial charge in [-0.3, -0.25) is 4.79 Å². The Morgan fingerprint density at radius 2 is 2.07 bits per heavy atom. The van der Waals surface area contributed by atoms with Gasteiger partial charge in [0.2, 0.25) is 5.91 Å². The van der Waals surface area contributed by atoms with E-state index in [1.54, 1.807) is 30.3 Å². The van der Waals surface area contributed by atoms with E-state index < -0.39 is 5.91 Å². The molecule has 0 aromatic heterocycles. The molecule has 1 fully saturated rings. The molecule has 0 aliphatic carbocycles. The van der Waals surface area contributed by atoms with Gasteiger partial charge in [0.15, 0.2) is 11.5 Å². The summed E-state index contributed by atoms with van der Waals surface area (Å²) in [7, 11) is 1.52. The van der Waals surface area contributed by atoms with E-state index in [2.05, 4.69) is 5.32 Å². The molecular formula is C22H24ClFN2O4. The van der Waals surface area contributed by atoms with Crippen molar-refractivity contribution >= 4 is 35.0 Å². The van der Waals surface area contributed by atoms with Gasteiger partial charge in [0.05, 0.1) is 37.6 Å². The standard InChI is InChI=1S/C22H24ClFN2O4/c1-3-30-22-17(23)12-15(13-20(22)28-2)4-7-21(27)25-16-5-6-19(18(24)14-16)26-8-10-29-11-9-26/h4-7,12-14H,3,8-11H2,1-2H3,(H,25,27)/b7-4+. The van der Waals surface area contributed by atoms with Crippen molar-refractivity contribution in [2.45, 2.75) is 6.92 Å². The summed E-state index contributed by atoms with van der Waals surface area (Å²) in [5.74, 6) is 0.156. The summed E-state index contributed by atoms with van der Waals surface area (Å²) in [4.78, 5) is 14.2. The van der Waals surface area contributed by atoms with Crippen molar-refractivity contribution in [3.8, 4) is 11.5 Å². The Hall–Kier alpha value is -2.77. The zero-order valence-corrected chi connectivity index (χ0v) is 17.7. The maximum Gasteiger partial charge on any atom is 0.248 e. The molecule has 0 atom stereocenters. The lowest BCUT2D eigenvalue weighted by Gasteiger charge is -2.29. The molecule has 1 saturated heterocycles. The Bertz CT molecular complexity index is 930. The van der Waals surface area contributed by atoms with Crippen LogP contribution < -0.4 is 19.7 Å². The maximum atomic E-state index is 14.5. The molecule has 1 aliphatic heterocycles. The molecule has 0 spiro atoms. The van der Waals surface area contributed by atoms with Crippen molar-refractivity contribution < 1.29 is 23.4 Å². The quantitative estimate of drug-likeness (QED) is 0.655. The summed E-state index contributed by atoms with van der Waals surface area (Å²) in [5.41, 5.74) is 1.55. The number of hydrogen-bond donors (Lipinski definition) is 1. The number of nitrogens with one attached hydrogen (secondary N) is 1. The van der Waals surface area contributed by atoms with E-state index in [9.17, 15) is 9.18 Å². The molecule has 0 unspecified atom stereocenters. The number of benzene rings is 2. The van der Waals surface area contributed by atoms with Crippen LogP contribution >= 0.6 is 11.6 Å². The number of amides is 1. The Morgan fingerprint density at radius 3 is 2.73 bits per heavy atom. The largest absolute Gasteiger partial charge is 0.493 e. The van der Waals surface area contributed by atoms with Gasteiger partial charge in [-0.05, 0) is 48.9 Å². The second-order valence-corrected chi connectivity index (χ2v) is 6.96. The number of halogens is 2. The molecule has 1 aliphatic rings. The van der Waals surface area contributed by atoms with Crippen LogP contribution in [0.5, 0.6) is 11.5 Å². The van der Waals surface area contributed by atoms with Crippen LogP contribution in [-0.2, 0) is 9.53 Å². The molecule has 160 valence electrons. The number of carbonyl (C=O) groups is 1. The van der Waals surface area contributed by atoms with Crippen molar-refractivity contribution in [3.63, 3.8) is 0 Å². The van der Waals surface area contributed by atoms with Gasteiger partial charge in [-0.1, -0.05) is 11.6 Å². The van der Waals surface area contributed by atoms with Crippen molar-refractivity contribution in [3.05, 3.63) is 52.8 Å². The highest BCUT2D eigenvalue weighted by Gasteiger charge is 2.15. The Morgan fingerprint density at radius 1 is 1.30 bits per heavy atom. The monoisotopic (exact) mass is 434 g/mol. The van der Waals surface area contributed by atoms with Crippen LogP contribution in [-0.4, -0.2) is 45.9 Å². The number of carbonyl (C=O) groups excluding carboxylic acids is 1. The first-order valence-electron chi connectivity index (χ1n) is 9.63. The fourth-order valence-electron chi connectivity index (χ4n) is 3.12. The predicted octanol–water partition coefficient (Wildman–Crippen LogP) is 4.37. The van der Waals surface area contributed by atoms with E-state index in [0.29, 0.717) is 66.4 Å². The Balaban J connectivity index is 1.67.